The van der Waals surface area contributed by atoms with Gasteiger partial charge in [-0.1, -0.05) is 11.6 Å². The van der Waals surface area contributed by atoms with Crippen molar-refractivity contribution in [2.45, 2.75) is 42.1 Å². The summed E-state index contributed by atoms with van der Waals surface area (Å²) in [7, 11) is -2.71. The maximum absolute atomic E-state index is 14.8. The normalized spacial score (nSPS) is 20.4. The molecule has 8 nitrogen and oxygen atoms in total. The fourth-order valence-corrected chi connectivity index (χ4v) is 5.17. The lowest BCUT2D eigenvalue weighted by molar-refractivity contribution is -0.0697. The van der Waals surface area contributed by atoms with Crippen molar-refractivity contribution in [3.63, 3.8) is 0 Å². The van der Waals surface area contributed by atoms with Crippen LogP contribution in [0.15, 0.2) is 47.9 Å². The van der Waals surface area contributed by atoms with Crippen molar-refractivity contribution in [1.82, 2.24) is 19.7 Å². The molecule has 1 saturated carbocycles. The van der Waals surface area contributed by atoms with E-state index >= 15 is 0 Å². The fraction of sp³-hybridized carbons (Fsp3) is 0.350. The number of nitrogens with zero attached hydrogens (tertiary/aromatic N) is 4. The quantitative estimate of drug-likeness (QED) is 0.544. The third kappa shape index (κ3) is 5.06. The topological polar surface area (TPSA) is 99.0 Å². The van der Waals surface area contributed by atoms with Gasteiger partial charge in [0.2, 0.25) is 5.92 Å². The summed E-state index contributed by atoms with van der Waals surface area (Å²) in [5.41, 5.74) is 0.546. The number of sulfonamides is 1. The highest BCUT2D eigenvalue weighted by Gasteiger charge is 2.44. The van der Waals surface area contributed by atoms with E-state index in [1.165, 1.54) is 23.1 Å². The molecule has 0 aliphatic heterocycles. The summed E-state index contributed by atoms with van der Waals surface area (Å²) in [6.45, 7) is 0. The van der Waals surface area contributed by atoms with Gasteiger partial charge in [0.25, 0.3) is 10.0 Å². The van der Waals surface area contributed by atoms with Crippen LogP contribution in [0.5, 0.6) is 5.75 Å². The van der Waals surface area contributed by atoms with Gasteiger partial charge in [-0.2, -0.15) is 5.10 Å². The molecule has 4 rings (SSSR count). The number of rotatable bonds is 6. The van der Waals surface area contributed by atoms with Crippen molar-refractivity contribution in [1.29, 1.82) is 0 Å². The summed E-state index contributed by atoms with van der Waals surface area (Å²) in [4.78, 5) is 6.70. The van der Waals surface area contributed by atoms with Crippen LogP contribution in [0.4, 0.5) is 19.0 Å². The average molecular weight is 502 g/mol. The first-order valence-corrected chi connectivity index (χ1v) is 11.7. The monoisotopic (exact) mass is 501 g/mol. The molecule has 0 saturated heterocycles. The number of aryl methyl sites for hydroxylation is 1. The molecule has 2 atom stereocenters. The standard InChI is InChI=1S/C20H19ClF3N5O3S/c1-29-15(3-7-27-29)12-10-20(23,24)5-2-16(12)32-17-9-14(22)18(8-13(17)21)33(30,31)28-19-4-6-25-11-26-19/h3-4,6-9,11-12,16H,2,5,10H2,1H3,(H,25,26,28)/t12-,16-/m1/s1. The third-order valence-corrected chi connectivity index (χ3v) is 7.04. The summed E-state index contributed by atoms with van der Waals surface area (Å²) >= 11 is 6.21. The zero-order valence-electron chi connectivity index (χ0n) is 17.3. The number of halogens is 4. The van der Waals surface area contributed by atoms with E-state index in [1.54, 1.807) is 13.1 Å². The molecular formula is C20H19ClF3N5O3S. The van der Waals surface area contributed by atoms with Crippen LogP contribution in [-0.2, 0) is 17.1 Å². The van der Waals surface area contributed by atoms with Gasteiger partial charge < -0.3 is 4.74 Å². The Morgan fingerprint density at radius 3 is 2.73 bits per heavy atom. The minimum Gasteiger partial charge on any atom is -0.488 e. The van der Waals surface area contributed by atoms with Crippen molar-refractivity contribution in [3.8, 4) is 5.75 Å². The van der Waals surface area contributed by atoms with Gasteiger partial charge in [0.1, 0.15) is 34.7 Å². The molecule has 1 N–H and O–H groups in total. The first kappa shape index (κ1) is 23.3. The van der Waals surface area contributed by atoms with E-state index in [4.69, 9.17) is 16.3 Å². The molecule has 13 heteroatoms. The second-order valence-corrected chi connectivity index (χ2v) is 9.71. The second kappa shape index (κ2) is 8.82. The van der Waals surface area contributed by atoms with Crippen LogP contribution in [0.1, 0.15) is 30.9 Å². The van der Waals surface area contributed by atoms with Gasteiger partial charge in [-0.15, -0.1) is 0 Å². The van der Waals surface area contributed by atoms with Gasteiger partial charge in [0.05, 0.1) is 5.02 Å². The Hall–Kier alpha value is -2.86. The highest BCUT2D eigenvalue weighted by atomic mass is 35.5. The number of ether oxygens (including phenoxy) is 1. The van der Waals surface area contributed by atoms with E-state index in [0.29, 0.717) is 5.69 Å². The Balaban J connectivity index is 1.61. The maximum atomic E-state index is 14.8. The molecule has 33 heavy (non-hydrogen) atoms. The van der Waals surface area contributed by atoms with Crippen LogP contribution in [0, 0.1) is 5.82 Å². The van der Waals surface area contributed by atoms with Crippen molar-refractivity contribution in [2.75, 3.05) is 4.72 Å². The molecule has 1 aliphatic rings. The minimum absolute atomic E-state index is 0.00386. The average Bonchev–Trinajstić information content (AvgIpc) is 3.17. The number of hydrogen-bond donors (Lipinski definition) is 1. The molecule has 2 heterocycles. The van der Waals surface area contributed by atoms with Gasteiger partial charge >= 0.3 is 0 Å². The number of hydrogen-bond acceptors (Lipinski definition) is 6. The molecule has 0 unspecified atom stereocenters. The highest BCUT2D eigenvalue weighted by Crippen LogP contribution is 2.44. The van der Waals surface area contributed by atoms with Crippen LogP contribution < -0.4 is 9.46 Å². The van der Waals surface area contributed by atoms with Crippen molar-refractivity contribution < 1.29 is 26.3 Å². The first-order chi connectivity index (χ1) is 15.6. The van der Waals surface area contributed by atoms with Crippen LogP contribution in [-0.4, -0.2) is 40.2 Å². The van der Waals surface area contributed by atoms with E-state index in [1.807, 2.05) is 0 Å². The molecule has 1 fully saturated rings. The van der Waals surface area contributed by atoms with Gasteiger partial charge in [-0.05, 0) is 24.6 Å². The van der Waals surface area contributed by atoms with Crippen molar-refractivity contribution >= 4 is 27.4 Å². The Morgan fingerprint density at radius 2 is 2.06 bits per heavy atom. The largest absolute Gasteiger partial charge is 0.488 e. The molecule has 1 aliphatic carbocycles. The Morgan fingerprint density at radius 1 is 1.27 bits per heavy atom. The van der Waals surface area contributed by atoms with Crippen LogP contribution >= 0.6 is 11.6 Å². The molecule has 0 bridgehead atoms. The highest BCUT2D eigenvalue weighted by molar-refractivity contribution is 7.92. The van der Waals surface area contributed by atoms with Crippen molar-refractivity contribution in [3.05, 3.63) is 59.5 Å². The number of nitrogens with one attached hydrogen (secondary N) is 1. The summed E-state index contributed by atoms with van der Waals surface area (Å²) in [6.07, 6.45) is 2.33. The Bertz CT molecular complexity index is 1260. The molecule has 0 spiro atoms. The smallest absolute Gasteiger partial charge is 0.266 e. The lowest BCUT2D eigenvalue weighted by atomic mass is 9.81. The lowest BCUT2D eigenvalue weighted by Crippen LogP contribution is -2.38. The first-order valence-electron chi connectivity index (χ1n) is 9.86. The summed E-state index contributed by atoms with van der Waals surface area (Å²) < 4.78 is 77.8. The molecule has 1 aromatic carbocycles. The number of aromatic nitrogens is 4. The lowest BCUT2D eigenvalue weighted by Gasteiger charge is -2.36. The van der Waals surface area contributed by atoms with Crippen LogP contribution in [0.2, 0.25) is 5.02 Å². The predicted octanol–water partition coefficient (Wildman–Crippen LogP) is 4.15. The van der Waals surface area contributed by atoms with Crippen LogP contribution in [0.25, 0.3) is 0 Å². The van der Waals surface area contributed by atoms with E-state index in [9.17, 15) is 21.6 Å². The fourth-order valence-electron chi connectivity index (χ4n) is 3.81. The summed E-state index contributed by atoms with van der Waals surface area (Å²) in [5.74, 6) is -4.91. The molecule has 0 radical (unpaired) electrons. The van der Waals surface area contributed by atoms with Gasteiger partial charge in [0, 0.05) is 50.0 Å². The van der Waals surface area contributed by atoms with E-state index in [0.717, 1.165) is 18.5 Å². The van der Waals surface area contributed by atoms with Gasteiger partial charge in [0.15, 0.2) is 0 Å². The Labute approximate surface area is 192 Å². The summed E-state index contributed by atoms with van der Waals surface area (Å²) in [5, 5.41) is 3.85. The molecule has 176 valence electrons. The Kier molecular flexibility index (Phi) is 6.23. The van der Waals surface area contributed by atoms with E-state index < -0.39 is 51.5 Å². The number of anilines is 1. The maximum Gasteiger partial charge on any atom is 0.266 e. The molecular weight excluding hydrogens is 483 g/mol. The minimum atomic E-state index is -4.35. The zero-order chi connectivity index (χ0) is 23.8. The second-order valence-electron chi connectivity index (χ2n) is 7.65. The molecule has 2 aromatic heterocycles. The predicted molar refractivity (Wildman–Crippen MR) is 113 cm³/mol. The molecule has 3 aromatic rings. The number of alkyl halides is 2. The SMILES string of the molecule is Cn1nccc1[C@H]1CC(F)(F)CC[C@H]1Oc1cc(F)c(S(=O)(=O)Nc2ccncn2)cc1Cl. The third-order valence-electron chi connectivity index (χ3n) is 5.38. The summed E-state index contributed by atoms with van der Waals surface area (Å²) in [6, 6.07) is 4.67. The van der Waals surface area contributed by atoms with Gasteiger partial charge in [-0.3, -0.25) is 9.40 Å². The van der Waals surface area contributed by atoms with Gasteiger partial charge in [-0.25, -0.2) is 31.6 Å². The van der Waals surface area contributed by atoms with E-state index in [-0.39, 0.29) is 23.0 Å². The molecule has 0 amide bonds. The van der Waals surface area contributed by atoms with E-state index in [2.05, 4.69) is 19.8 Å². The number of benzene rings is 1. The van der Waals surface area contributed by atoms with Crippen molar-refractivity contribution in [2.24, 2.45) is 7.05 Å². The zero-order valence-corrected chi connectivity index (χ0v) is 18.8. The van der Waals surface area contributed by atoms with Crippen LogP contribution in [0.3, 0.4) is 0 Å².